The third-order valence-electron chi connectivity index (χ3n) is 4.49. The molecular formula is C20H21F4N5O2S. The number of hydrogen-bond acceptors (Lipinski definition) is 7. The molecule has 0 aliphatic heterocycles. The first-order chi connectivity index (χ1) is 15.0. The lowest BCUT2D eigenvalue weighted by Gasteiger charge is -2.19. The Bertz CT molecular complexity index is 1120. The molecular weight excluding hydrogens is 450 g/mol. The van der Waals surface area contributed by atoms with E-state index < -0.39 is 30.4 Å². The van der Waals surface area contributed by atoms with E-state index in [1.807, 2.05) is 0 Å². The van der Waals surface area contributed by atoms with Crippen LogP contribution in [-0.4, -0.2) is 41.2 Å². The second kappa shape index (κ2) is 9.65. The summed E-state index contributed by atoms with van der Waals surface area (Å²) in [6, 6.07) is 3.86. The second-order valence-corrected chi connectivity index (χ2v) is 8.09. The van der Waals surface area contributed by atoms with Gasteiger partial charge in [0.05, 0.1) is 22.4 Å². The molecule has 4 N–H and O–H groups in total. The highest BCUT2D eigenvalue weighted by atomic mass is 32.1. The molecule has 172 valence electrons. The van der Waals surface area contributed by atoms with Crippen molar-refractivity contribution in [3.63, 3.8) is 0 Å². The van der Waals surface area contributed by atoms with Crippen molar-refractivity contribution in [3.05, 3.63) is 40.8 Å². The van der Waals surface area contributed by atoms with Gasteiger partial charge < -0.3 is 21.1 Å². The molecule has 32 heavy (non-hydrogen) atoms. The number of rotatable bonds is 9. The molecule has 0 bridgehead atoms. The van der Waals surface area contributed by atoms with Crippen molar-refractivity contribution < 1.29 is 27.1 Å². The van der Waals surface area contributed by atoms with E-state index in [1.54, 1.807) is 13.8 Å². The second-order valence-electron chi connectivity index (χ2n) is 7.09. The van der Waals surface area contributed by atoms with Crippen LogP contribution in [0.15, 0.2) is 24.5 Å². The molecule has 0 saturated carbocycles. The molecule has 3 aromatic rings. The highest BCUT2D eigenvalue weighted by Gasteiger charge is 2.26. The number of alkyl halides is 3. The maximum absolute atomic E-state index is 13.9. The molecule has 0 fully saturated rings. The molecule has 0 aliphatic rings. The minimum absolute atomic E-state index is 0.134. The van der Waals surface area contributed by atoms with Gasteiger partial charge in [0.2, 0.25) is 0 Å². The number of carbonyl (C=O) groups excluding carboxylic acids is 1. The van der Waals surface area contributed by atoms with E-state index in [0.29, 0.717) is 32.2 Å². The number of benzene rings is 1. The normalized spacial score (nSPS) is 12.7. The molecule has 0 saturated heterocycles. The van der Waals surface area contributed by atoms with Crippen LogP contribution in [0.2, 0.25) is 0 Å². The van der Waals surface area contributed by atoms with Crippen LogP contribution in [0.3, 0.4) is 0 Å². The Morgan fingerprint density at radius 2 is 2.06 bits per heavy atom. The van der Waals surface area contributed by atoms with Crippen LogP contribution in [0.4, 0.5) is 29.1 Å². The number of anilines is 2. The van der Waals surface area contributed by atoms with Crippen molar-refractivity contribution in [1.29, 1.82) is 0 Å². The highest BCUT2D eigenvalue weighted by Crippen LogP contribution is 2.36. The summed E-state index contributed by atoms with van der Waals surface area (Å²) in [4.78, 5) is 21.0. The van der Waals surface area contributed by atoms with Gasteiger partial charge in [0.15, 0.2) is 0 Å². The van der Waals surface area contributed by atoms with Crippen LogP contribution >= 0.6 is 11.3 Å². The zero-order chi connectivity index (χ0) is 23.5. The van der Waals surface area contributed by atoms with Gasteiger partial charge in [-0.2, -0.15) is 13.2 Å². The number of halogens is 4. The van der Waals surface area contributed by atoms with Crippen LogP contribution < -0.4 is 21.1 Å². The number of carbonyl (C=O) groups is 1. The monoisotopic (exact) mass is 471 g/mol. The van der Waals surface area contributed by atoms with Gasteiger partial charge in [0.25, 0.3) is 5.91 Å². The first-order valence-electron chi connectivity index (χ1n) is 9.59. The molecule has 1 atom stereocenters. The lowest BCUT2D eigenvalue weighted by molar-refractivity contribution is -0.133. The van der Waals surface area contributed by atoms with Crippen LogP contribution in [0.5, 0.6) is 5.75 Å². The van der Waals surface area contributed by atoms with Crippen LogP contribution in [0.25, 0.3) is 10.2 Å². The number of primary amides is 1. The third kappa shape index (κ3) is 5.82. The van der Waals surface area contributed by atoms with E-state index in [0.717, 1.165) is 11.3 Å². The quantitative estimate of drug-likeness (QED) is 0.318. The number of nitrogens with zero attached hydrogens (tertiary/aromatic N) is 2. The minimum atomic E-state index is -4.24. The number of nitrogens with two attached hydrogens (primary N) is 1. The number of fused-ring (bicyclic) bond motifs is 1. The maximum atomic E-state index is 13.9. The molecule has 0 spiro atoms. The van der Waals surface area contributed by atoms with Gasteiger partial charge in [-0.1, -0.05) is 0 Å². The van der Waals surface area contributed by atoms with Crippen molar-refractivity contribution in [2.75, 3.05) is 18.4 Å². The van der Waals surface area contributed by atoms with E-state index in [9.17, 15) is 22.4 Å². The molecule has 1 amide bonds. The molecule has 2 aromatic heterocycles. The Labute approximate surface area is 185 Å². The van der Waals surface area contributed by atoms with Crippen LogP contribution in [0, 0.1) is 12.7 Å². The molecule has 0 radical (unpaired) electrons. The van der Waals surface area contributed by atoms with Crippen molar-refractivity contribution >= 4 is 39.0 Å². The molecule has 1 unspecified atom stereocenters. The maximum Gasteiger partial charge on any atom is 0.390 e. The van der Waals surface area contributed by atoms with E-state index >= 15 is 0 Å². The summed E-state index contributed by atoms with van der Waals surface area (Å²) in [5, 5.41) is 6.34. The summed E-state index contributed by atoms with van der Waals surface area (Å²) in [6.07, 6.45) is -4.42. The van der Waals surface area contributed by atoms with Gasteiger partial charge in [-0.25, -0.2) is 14.4 Å². The number of hydrogen-bond donors (Lipinski definition) is 3. The predicted molar refractivity (Wildman–Crippen MR) is 114 cm³/mol. The van der Waals surface area contributed by atoms with Gasteiger partial charge >= 0.3 is 6.18 Å². The van der Waals surface area contributed by atoms with Gasteiger partial charge in [0.1, 0.15) is 34.6 Å². The Kier molecular flexibility index (Phi) is 7.14. The number of nitrogens with one attached hydrogen (secondary N) is 2. The molecule has 0 aliphatic carbocycles. The van der Waals surface area contributed by atoms with Crippen molar-refractivity contribution in [1.82, 2.24) is 15.3 Å². The summed E-state index contributed by atoms with van der Waals surface area (Å²) in [6.45, 7) is 3.27. The molecule has 2 heterocycles. The zero-order valence-corrected chi connectivity index (χ0v) is 18.0. The number of ether oxygens (including phenoxy) is 1. The summed E-state index contributed by atoms with van der Waals surface area (Å²) >= 11 is 1.14. The van der Waals surface area contributed by atoms with Crippen molar-refractivity contribution in [3.8, 4) is 5.75 Å². The topological polar surface area (TPSA) is 102 Å². The Balaban J connectivity index is 1.79. The molecule has 7 nitrogen and oxygen atoms in total. The van der Waals surface area contributed by atoms with E-state index in [4.69, 9.17) is 10.5 Å². The fourth-order valence-electron chi connectivity index (χ4n) is 3.02. The average Bonchev–Trinajstić information content (AvgIpc) is 3.04. The summed E-state index contributed by atoms with van der Waals surface area (Å²) < 4.78 is 56.4. The van der Waals surface area contributed by atoms with Gasteiger partial charge in [-0.15, -0.1) is 11.3 Å². The minimum Gasteiger partial charge on any atom is -0.487 e. The van der Waals surface area contributed by atoms with Crippen molar-refractivity contribution in [2.24, 2.45) is 5.73 Å². The smallest absolute Gasteiger partial charge is 0.390 e. The fraction of sp³-hybridized carbons (Fsp3) is 0.350. The first kappa shape index (κ1) is 23.7. The van der Waals surface area contributed by atoms with E-state index in [-0.39, 0.29) is 18.8 Å². The summed E-state index contributed by atoms with van der Waals surface area (Å²) in [5.74, 6) is -0.582. The highest BCUT2D eigenvalue weighted by molar-refractivity contribution is 7.20. The zero-order valence-electron chi connectivity index (χ0n) is 17.2. The SMILES string of the molecule is Cc1c(C(N)=O)sc2ncnc(Nc3ccc(F)cc3OC(C)CNCCC(F)(F)F)c12. The Morgan fingerprint density at radius 1 is 1.31 bits per heavy atom. The van der Waals surface area contributed by atoms with Crippen LogP contribution in [0.1, 0.15) is 28.6 Å². The average molecular weight is 471 g/mol. The lowest BCUT2D eigenvalue weighted by Crippen LogP contribution is -2.31. The molecule has 3 rings (SSSR count). The first-order valence-corrected chi connectivity index (χ1v) is 10.4. The molecule has 12 heteroatoms. The number of amides is 1. The van der Waals surface area contributed by atoms with Crippen LogP contribution in [-0.2, 0) is 0 Å². The Hall–Kier alpha value is -2.99. The standard InChI is InChI=1S/C20H21F4N5O2S/c1-10(8-26-6-5-20(22,23)24)31-14-7-12(21)3-4-13(14)29-18-15-11(2)16(17(25)30)32-19(15)28-9-27-18/h3-4,7,9-10,26H,5-6,8H2,1-2H3,(H2,25,30)(H,27,28,29). The van der Waals surface area contributed by atoms with E-state index in [2.05, 4.69) is 20.6 Å². The molecule has 1 aromatic carbocycles. The fourth-order valence-corrected chi connectivity index (χ4v) is 4.02. The predicted octanol–water partition coefficient (Wildman–Crippen LogP) is 4.29. The third-order valence-corrected chi connectivity index (χ3v) is 5.71. The number of thiophene rings is 1. The van der Waals surface area contributed by atoms with E-state index in [1.165, 1.54) is 24.5 Å². The summed E-state index contributed by atoms with van der Waals surface area (Å²) in [7, 11) is 0. The van der Waals surface area contributed by atoms with Gasteiger partial charge in [-0.05, 0) is 31.5 Å². The number of aryl methyl sites for hydroxylation is 1. The number of aromatic nitrogens is 2. The van der Waals surface area contributed by atoms with Gasteiger partial charge in [-0.3, -0.25) is 4.79 Å². The Morgan fingerprint density at radius 3 is 2.75 bits per heavy atom. The van der Waals surface area contributed by atoms with Gasteiger partial charge in [0, 0.05) is 19.2 Å². The lowest BCUT2D eigenvalue weighted by atomic mass is 10.2. The largest absolute Gasteiger partial charge is 0.487 e. The van der Waals surface area contributed by atoms with Crippen molar-refractivity contribution in [2.45, 2.75) is 32.5 Å². The summed E-state index contributed by atoms with van der Waals surface area (Å²) in [5.41, 5.74) is 6.43.